The lowest BCUT2D eigenvalue weighted by atomic mass is 10.1. The fourth-order valence-corrected chi connectivity index (χ4v) is 11.4. The number of rotatable bonds is 19. The van der Waals surface area contributed by atoms with Gasteiger partial charge in [-0.3, -0.25) is 40.8 Å². The number of H-pyrrole nitrogens is 8. The van der Waals surface area contributed by atoms with Gasteiger partial charge < -0.3 is 21.3 Å². The highest BCUT2D eigenvalue weighted by Gasteiger charge is 2.21. The predicted octanol–water partition coefficient (Wildman–Crippen LogP) is 15.4. The molecule has 8 aromatic carbocycles. The quantitative estimate of drug-likeness (QED) is 0.0336. The van der Waals surface area contributed by atoms with Gasteiger partial charge in [-0.05, 0) is 172 Å². The van der Waals surface area contributed by atoms with Gasteiger partial charge in [0.15, 0.2) is 40.7 Å². The van der Waals surface area contributed by atoms with E-state index in [1.807, 2.05) is 57.9 Å². The van der Waals surface area contributed by atoms with Crippen LogP contribution in [0.4, 0.5) is 35.1 Å². The lowest BCUT2D eigenvalue weighted by Crippen LogP contribution is -2.18. The second-order valence-corrected chi connectivity index (χ2v) is 26.3. The van der Waals surface area contributed by atoms with Crippen LogP contribution in [-0.2, 0) is 19.6 Å². The van der Waals surface area contributed by atoms with Crippen LogP contribution in [0, 0.1) is 52.5 Å². The van der Waals surface area contributed by atoms with Crippen molar-refractivity contribution in [1.82, 2.24) is 111 Å². The van der Waals surface area contributed by atoms with E-state index in [-0.39, 0.29) is 58.3 Å². The number of benzene rings is 8. The molecule has 562 valence electrons. The van der Waals surface area contributed by atoms with Crippen molar-refractivity contribution >= 4 is 92.2 Å². The van der Waals surface area contributed by atoms with Crippen LogP contribution in [0.15, 0.2) is 146 Å². The zero-order valence-electron chi connectivity index (χ0n) is 60.2. The van der Waals surface area contributed by atoms with Crippen molar-refractivity contribution in [2.45, 2.75) is 39.5 Å². The van der Waals surface area contributed by atoms with Crippen molar-refractivity contribution in [1.29, 1.82) is 0 Å². The summed E-state index contributed by atoms with van der Waals surface area (Å²) in [5, 5.41) is 58.0. The second kappa shape index (κ2) is 33.7. The van der Waals surface area contributed by atoms with Crippen LogP contribution in [0.2, 0.25) is 0 Å². The van der Waals surface area contributed by atoms with Crippen LogP contribution >= 0.6 is 0 Å². The molecule has 0 radical (unpaired) electrons. The summed E-state index contributed by atoms with van der Waals surface area (Å²) in [6.07, 6.45) is 14.3. The monoisotopic (exact) mass is 1510 g/mol. The molecule has 24 nitrogen and oxygen atoms in total. The first kappa shape index (κ1) is 75.7. The van der Waals surface area contributed by atoms with E-state index in [2.05, 4.69) is 102 Å². The fourth-order valence-electron chi connectivity index (χ4n) is 11.4. The predicted molar refractivity (Wildman–Crippen MR) is 411 cm³/mol. The second-order valence-electron chi connectivity index (χ2n) is 26.3. The van der Waals surface area contributed by atoms with Crippen molar-refractivity contribution in [3.8, 4) is 45.6 Å². The summed E-state index contributed by atoms with van der Waals surface area (Å²) in [7, 11) is 7.69. The minimum Gasteiger partial charge on any atom is -0.324 e. The third kappa shape index (κ3) is 18.4. The minimum atomic E-state index is -0.478. The fraction of sp³-hybridized carbons (Fsp3) is 0.139. The molecule has 8 aromatic heterocycles. The lowest BCUT2D eigenvalue weighted by Gasteiger charge is -2.11. The van der Waals surface area contributed by atoms with E-state index in [1.165, 1.54) is 72.8 Å². The zero-order chi connectivity index (χ0) is 78.0. The number of halogens is 8. The number of fused-ring (bicyclic) bond motifs is 4. The van der Waals surface area contributed by atoms with Crippen LogP contribution in [0.25, 0.3) is 138 Å². The molecule has 0 aliphatic carbocycles. The molecule has 32 heteroatoms. The first-order valence-corrected chi connectivity index (χ1v) is 34.4. The van der Waals surface area contributed by atoms with E-state index < -0.39 is 23.3 Å². The van der Waals surface area contributed by atoms with Gasteiger partial charge in [0.25, 0.3) is 0 Å². The summed E-state index contributed by atoms with van der Waals surface area (Å²) in [5.74, 6) is 1.04. The van der Waals surface area contributed by atoms with Gasteiger partial charge >= 0.3 is 0 Å². The Labute approximate surface area is 627 Å². The molecular weight excluding hydrogens is 1440 g/mol. The van der Waals surface area contributed by atoms with Gasteiger partial charge in [0, 0.05) is 44.3 Å². The molecule has 12 N–H and O–H groups in total. The Morgan fingerprint density at radius 3 is 1.11 bits per heavy atom. The standard InChI is InChI=1S/C21H20F2N6.2C20H18F2N6.C18H14F2N6/c1-11(2)18(24)21-25-20(28-29-21)13-9-15-17(26-27-19(15)16(23)10-13)8-5-12-3-6-14(22)7-4-12;1-28(2)11-18-23-20(27-25-18)13-9-15-17(24-26-19(15)16(22)10-13)8-5-12-3-6-14(21)7-4-12;1-28(2)11-19-23-20(27-26-19)14-9-15-17(24-25-18(15)10-16(14)22)8-5-12-3-6-13(21)7-4-12;19-12-4-1-10(2-5-12)3-6-15-13-7-11(8-14(20)17(13)25-23-15)18-22-16(9-21)24-26-18/h3-11,18H,24H2,1-2H3,(H,26,27)(H,25,28,29);3-10H,11H2,1-2H3,(H,24,26)(H,23,25,27);3-10H,11H2,1-2H3,(H,24,25)(H,23,26,27);1-8H,9,21H2,(H,23,25)(H,22,24,26)/b3*8-5+;6-3+/t18-;;;/m0.../s1. The van der Waals surface area contributed by atoms with Crippen molar-refractivity contribution in [2.24, 2.45) is 17.4 Å². The SMILES string of the molecule is CC(C)[C@H](N)c1nc(-c2cc(F)c3n[nH]c(/C=C/c4ccc(F)cc4)c3c2)n[nH]1.CN(C)Cc1nc(-c2cc(F)c3n[nH]c(/C=C/c4ccc(F)cc4)c3c2)n[nH]1.CN(C)Cc1nc(-c2cc3c(/C=C/c4ccc(F)cc4)n[nH]c3cc2F)n[nH]1.NCc1nc(-c2cc(F)c3n[nH]c(/C=C/c4ccc(F)cc4)c3c2)n[nH]1. The summed E-state index contributed by atoms with van der Waals surface area (Å²) in [6, 6.07) is 36.5. The summed E-state index contributed by atoms with van der Waals surface area (Å²) in [6.45, 7) is 5.38. The summed E-state index contributed by atoms with van der Waals surface area (Å²) in [5.41, 5.74) is 20.6. The normalized spacial score (nSPS) is 12.1. The van der Waals surface area contributed by atoms with Crippen molar-refractivity contribution < 1.29 is 35.1 Å². The topological polar surface area (TPSA) is 340 Å². The van der Waals surface area contributed by atoms with Gasteiger partial charge in [-0.15, -0.1) is 0 Å². The van der Waals surface area contributed by atoms with Crippen LogP contribution in [0.5, 0.6) is 0 Å². The van der Waals surface area contributed by atoms with E-state index in [9.17, 15) is 35.1 Å². The van der Waals surface area contributed by atoms with Gasteiger partial charge in [-0.25, -0.2) is 55.1 Å². The van der Waals surface area contributed by atoms with Gasteiger partial charge in [0.1, 0.15) is 68.9 Å². The number of aromatic nitrogens is 20. The molecule has 16 aromatic rings. The van der Waals surface area contributed by atoms with E-state index in [0.717, 1.165) is 27.6 Å². The number of hydrogen-bond acceptors (Lipinski definition) is 16. The number of aromatic amines is 8. The van der Waals surface area contributed by atoms with Crippen LogP contribution in [-0.4, -0.2) is 140 Å². The molecule has 0 saturated heterocycles. The summed E-state index contributed by atoms with van der Waals surface area (Å²) >= 11 is 0. The number of nitrogens with one attached hydrogen (secondary N) is 8. The molecule has 16 rings (SSSR count). The highest BCUT2D eigenvalue weighted by Crippen LogP contribution is 2.33. The molecule has 0 bridgehead atoms. The van der Waals surface area contributed by atoms with Crippen molar-refractivity contribution in [2.75, 3.05) is 28.2 Å². The molecule has 111 heavy (non-hydrogen) atoms. The summed E-state index contributed by atoms with van der Waals surface area (Å²) in [4.78, 5) is 21.3. The highest BCUT2D eigenvalue weighted by molar-refractivity contribution is 5.96. The van der Waals surface area contributed by atoms with Crippen LogP contribution in [0.1, 0.15) is 88.2 Å². The molecule has 8 heterocycles. The lowest BCUT2D eigenvalue weighted by molar-refractivity contribution is 0.391. The maximum absolute atomic E-state index is 14.6. The van der Waals surface area contributed by atoms with Gasteiger partial charge in [0.2, 0.25) is 0 Å². The van der Waals surface area contributed by atoms with E-state index in [4.69, 9.17) is 11.5 Å². The van der Waals surface area contributed by atoms with Crippen LogP contribution < -0.4 is 11.5 Å². The van der Waals surface area contributed by atoms with Gasteiger partial charge in [0.05, 0.1) is 59.5 Å². The highest BCUT2D eigenvalue weighted by atomic mass is 19.2. The first-order valence-electron chi connectivity index (χ1n) is 34.4. The maximum Gasteiger partial charge on any atom is 0.184 e. The molecule has 1 atom stereocenters. The average Bonchev–Trinajstić information content (AvgIpc) is 1.68. The van der Waals surface area contributed by atoms with Gasteiger partial charge in [-0.1, -0.05) is 86.7 Å². The molecular formula is C79H70F8N24. The van der Waals surface area contributed by atoms with E-state index >= 15 is 0 Å². The number of nitrogens with two attached hydrogens (primary N) is 2. The summed E-state index contributed by atoms with van der Waals surface area (Å²) < 4.78 is 110. The van der Waals surface area contributed by atoms with E-state index in [1.54, 1.807) is 115 Å². The van der Waals surface area contributed by atoms with Crippen LogP contribution in [0.3, 0.4) is 0 Å². The molecule has 0 spiro atoms. The van der Waals surface area contributed by atoms with Crippen molar-refractivity contribution in [3.63, 3.8) is 0 Å². The Morgan fingerprint density at radius 1 is 0.360 bits per heavy atom. The molecule has 0 aliphatic heterocycles. The van der Waals surface area contributed by atoms with E-state index in [0.29, 0.717) is 126 Å². The third-order valence-electron chi connectivity index (χ3n) is 17.1. The first-order chi connectivity index (χ1) is 53.5. The molecule has 0 amide bonds. The number of nitrogens with zero attached hydrogens (tertiary/aromatic N) is 14. The molecule has 0 aliphatic rings. The minimum absolute atomic E-state index is 0.187. The Bertz CT molecular complexity index is 6020. The molecule has 0 saturated carbocycles. The average molecular weight is 1510 g/mol. The Balaban J connectivity index is 0.000000130. The number of hydrogen-bond donors (Lipinski definition) is 10. The van der Waals surface area contributed by atoms with Gasteiger partial charge in [-0.2, -0.15) is 40.8 Å². The Kier molecular flexibility index (Phi) is 23.0. The third-order valence-corrected chi connectivity index (χ3v) is 17.1. The maximum atomic E-state index is 14.6. The van der Waals surface area contributed by atoms with Crippen molar-refractivity contribution in [3.05, 3.63) is 260 Å². The Hall–Kier alpha value is -13.6. The molecule has 0 unspecified atom stereocenters. The smallest absolute Gasteiger partial charge is 0.184 e. The molecule has 0 fully saturated rings. The largest absolute Gasteiger partial charge is 0.324 e. The Morgan fingerprint density at radius 2 is 0.721 bits per heavy atom. The zero-order valence-corrected chi connectivity index (χ0v) is 60.2.